The maximum Gasteiger partial charge on any atom is 0.236 e. The number of nitrogens with zero attached hydrogens (tertiary/aromatic N) is 2. The summed E-state index contributed by atoms with van der Waals surface area (Å²) in [5.74, 6) is 0.587. The number of rotatable bonds is 3. The highest BCUT2D eigenvalue weighted by Gasteiger charge is 2.11. The van der Waals surface area contributed by atoms with Crippen molar-refractivity contribution in [3.63, 3.8) is 0 Å². The standard InChI is InChI=1S/C10H17N3O/c1-10(2,3)13-7-8-9(14-4)12-6-5-11-8/h5-6,13H,7H2,1-4H3. The van der Waals surface area contributed by atoms with Gasteiger partial charge in [-0.2, -0.15) is 0 Å². The van der Waals surface area contributed by atoms with Crippen LogP contribution < -0.4 is 10.1 Å². The van der Waals surface area contributed by atoms with E-state index in [4.69, 9.17) is 4.74 Å². The first-order chi connectivity index (χ1) is 6.53. The molecule has 0 fully saturated rings. The largest absolute Gasteiger partial charge is 0.480 e. The van der Waals surface area contributed by atoms with Gasteiger partial charge in [-0.05, 0) is 20.8 Å². The van der Waals surface area contributed by atoms with Gasteiger partial charge in [-0.15, -0.1) is 0 Å². The Hall–Kier alpha value is -1.16. The molecule has 78 valence electrons. The fourth-order valence-electron chi connectivity index (χ4n) is 0.995. The Balaban J connectivity index is 2.67. The van der Waals surface area contributed by atoms with E-state index in [0.29, 0.717) is 12.4 Å². The molecule has 0 amide bonds. The maximum absolute atomic E-state index is 5.10. The van der Waals surface area contributed by atoms with Gasteiger partial charge in [-0.3, -0.25) is 4.98 Å². The van der Waals surface area contributed by atoms with Gasteiger partial charge in [0.05, 0.1) is 7.11 Å². The van der Waals surface area contributed by atoms with Gasteiger partial charge < -0.3 is 10.1 Å². The van der Waals surface area contributed by atoms with Crippen LogP contribution in [0.2, 0.25) is 0 Å². The fraction of sp³-hybridized carbons (Fsp3) is 0.600. The first-order valence-electron chi connectivity index (χ1n) is 4.62. The third-order valence-corrected chi connectivity index (χ3v) is 1.72. The fourth-order valence-corrected chi connectivity index (χ4v) is 0.995. The molecule has 0 bridgehead atoms. The van der Waals surface area contributed by atoms with Gasteiger partial charge >= 0.3 is 0 Å². The van der Waals surface area contributed by atoms with Gasteiger partial charge in [0.25, 0.3) is 0 Å². The molecule has 0 atom stereocenters. The second kappa shape index (κ2) is 4.37. The molecule has 0 aliphatic rings. The van der Waals surface area contributed by atoms with Crippen molar-refractivity contribution < 1.29 is 4.74 Å². The molecule has 14 heavy (non-hydrogen) atoms. The summed E-state index contributed by atoms with van der Waals surface area (Å²) in [4.78, 5) is 8.28. The quantitative estimate of drug-likeness (QED) is 0.791. The Bertz CT molecular complexity index is 294. The first kappa shape index (κ1) is 10.9. The minimum atomic E-state index is 0.0720. The Morgan fingerprint density at radius 1 is 1.29 bits per heavy atom. The Labute approximate surface area is 84.7 Å². The summed E-state index contributed by atoms with van der Waals surface area (Å²) in [6.07, 6.45) is 3.29. The van der Waals surface area contributed by atoms with Crippen LogP contribution in [0.3, 0.4) is 0 Å². The van der Waals surface area contributed by atoms with E-state index in [1.165, 1.54) is 0 Å². The van der Waals surface area contributed by atoms with E-state index in [-0.39, 0.29) is 5.54 Å². The Morgan fingerprint density at radius 2 is 1.93 bits per heavy atom. The number of hydrogen-bond donors (Lipinski definition) is 1. The van der Waals surface area contributed by atoms with Crippen molar-refractivity contribution in [3.8, 4) is 5.88 Å². The lowest BCUT2D eigenvalue weighted by Crippen LogP contribution is -2.35. The number of aromatic nitrogens is 2. The van der Waals surface area contributed by atoms with Gasteiger partial charge in [0, 0.05) is 24.5 Å². The van der Waals surface area contributed by atoms with Crippen LogP contribution in [0.4, 0.5) is 0 Å². The molecule has 1 aromatic rings. The smallest absolute Gasteiger partial charge is 0.236 e. The van der Waals surface area contributed by atoms with E-state index >= 15 is 0 Å². The molecule has 0 aliphatic carbocycles. The summed E-state index contributed by atoms with van der Waals surface area (Å²) in [5.41, 5.74) is 0.910. The van der Waals surface area contributed by atoms with E-state index in [9.17, 15) is 0 Å². The Morgan fingerprint density at radius 3 is 2.50 bits per heavy atom. The van der Waals surface area contributed by atoms with Crippen molar-refractivity contribution in [1.82, 2.24) is 15.3 Å². The average Bonchev–Trinajstić information content (AvgIpc) is 2.14. The number of hydrogen-bond acceptors (Lipinski definition) is 4. The van der Waals surface area contributed by atoms with Crippen LogP contribution >= 0.6 is 0 Å². The molecule has 1 aromatic heterocycles. The highest BCUT2D eigenvalue weighted by atomic mass is 16.5. The molecule has 1 heterocycles. The van der Waals surface area contributed by atoms with Crippen molar-refractivity contribution in [2.75, 3.05) is 7.11 Å². The summed E-state index contributed by atoms with van der Waals surface area (Å²) < 4.78 is 5.10. The third kappa shape index (κ3) is 3.30. The van der Waals surface area contributed by atoms with Gasteiger partial charge in [-0.1, -0.05) is 0 Å². The molecule has 0 unspecified atom stereocenters. The van der Waals surface area contributed by atoms with E-state index < -0.39 is 0 Å². The topological polar surface area (TPSA) is 47.0 Å². The lowest BCUT2D eigenvalue weighted by atomic mass is 10.1. The van der Waals surface area contributed by atoms with Gasteiger partial charge in [0.2, 0.25) is 5.88 Å². The van der Waals surface area contributed by atoms with E-state index in [2.05, 4.69) is 36.1 Å². The zero-order valence-corrected chi connectivity index (χ0v) is 9.16. The van der Waals surface area contributed by atoms with Crippen molar-refractivity contribution in [1.29, 1.82) is 0 Å². The first-order valence-corrected chi connectivity index (χ1v) is 4.62. The summed E-state index contributed by atoms with van der Waals surface area (Å²) in [6.45, 7) is 6.99. The van der Waals surface area contributed by atoms with E-state index in [0.717, 1.165) is 5.69 Å². The molecule has 1 N–H and O–H groups in total. The lowest BCUT2D eigenvalue weighted by Gasteiger charge is -2.20. The highest BCUT2D eigenvalue weighted by Crippen LogP contribution is 2.11. The molecule has 1 rings (SSSR count). The van der Waals surface area contributed by atoms with Crippen LogP contribution in [-0.2, 0) is 6.54 Å². The van der Waals surface area contributed by atoms with Crippen molar-refractivity contribution >= 4 is 0 Å². The second-order valence-corrected chi connectivity index (χ2v) is 4.12. The number of methoxy groups -OCH3 is 1. The Kier molecular flexibility index (Phi) is 3.41. The molecule has 4 heteroatoms. The molecule has 0 aromatic carbocycles. The minimum Gasteiger partial charge on any atom is -0.480 e. The monoisotopic (exact) mass is 195 g/mol. The zero-order valence-electron chi connectivity index (χ0n) is 9.16. The molecular formula is C10H17N3O. The van der Waals surface area contributed by atoms with E-state index in [1.807, 2.05) is 0 Å². The summed E-state index contributed by atoms with van der Waals surface area (Å²) in [7, 11) is 1.60. The second-order valence-electron chi connectivity index (χ2n) is 4.12. The van der Waals surface area contributed by atoms with Crippen LogP contribution in [0.5, 0.6) is 5.88 Å². The zero-order chi connectivity index (χ0) is 10.6. The number of nitrogens with one attached hydrogen (secondary N) is 1. The van der Waals surface area contributed by atoms with Crippen molar-refractivity contribution in [3.05, 3.63) is 18.1 Å². The molecule has 0 spiro atoms. The predicted octanol–water partition coefficient (Wildman–Crippen LogP) is 1.37. The summed E-state index contributed by atoms with van der Waals surface area (Å²) in [5, 5.41) is 3.33. The van der Waals surface area contributed by atoms with Crippen LogP contribution in [0.1, 0.15) is 26.5 Å². The van der Waals surface area contributed by atoms with Crippen molar-refractivity contribution in [2.24, 2.45) is 0 Å². The van der Waals surface area contributed by atoms with Gasteiger partial charge in [0.15, 0.2) is 0 Å². The average molecular weight is 195 g/mol. The minimum absolute atomic E-state index is 0.0720. The molecule has 0 aliphatic heterocycles. The summed E-state index contributed by atoms with van der Waals surface area (Å²) >= 11 is 0. The summed E-state index contributed by atoms with van der Waals surface area (Å²) in [6, 6.07) is 0. The van der Waals surface area contributed by atoms with Crippen molar-refractivity contribution in [2.45, 2.75) is 32.9 Å². The molecular weight excluding hydrogens is 178 g/mol. The van der Waals surface area contributed by atoms with Gasteiger partial charge in [0.1, 0.15) is 5.69 Å². The highest BCUT2D eigenvalue weighted by molar-refractivity contribution is 5.16. The molecule has 0 radical (unpaired) electrons. The van der Waals surface area contributed by atoms with Crippen LogP contribution in [-0.4, -0.2) is 22.6 Å². The third-order valence-electron chi connectivity index (χ3n) is 1.72. The normalized spacial score (nSPS) is 11.4. The number of ether oxygens (including phenoxy) is 1. The van der Waals surface area contributed by atoms with Gasteiger partial charge in [-0.25, -0.2) is 4.98 Å². The van der Waals surface area contributed by atoms with E-state index in [1.54, 1.807) is 19.5 Å². The predicted molar refractivity (Wildman–Crippen MR) is 55.2 cm³/mol. The molecule has 0 saturated carbocycles. The van der Waals surface area contributed by atoms with Crippen LogP contribution in [0, 0.1) is 0 Å². The maximum atomic E-state index is 5.10. The van der Waals surface area contributed by atoms with Crippen LogP contribution in [0.25, 0.3) is 0 Å². The molecule has 4 nitrogen and oxygen atoms in total. The SMILES string of the molecule is COc1nccnc1CNC(C)(C)C. The van der Waals surface area contributed by atoms with Crippen LogP contribution in [0.15, 0.2) is 12.4 Å². The molecule has 0 saturated heterocycles. The lowest BCUT2D eigenvalue weighted by molar-refractivity contribution is 0.374.